The molecule has 109 valence electrons. The Kier molecular flexibility index (Phi) is 3.84. The van der Waals surface area contributed by atoms with Gasteiger partial charge in [0.1, 0.15) is 0 Å². The maximum absolute atomic E-state index is 12.9. The van der Waals surface area contributed by atoms with Crippen molar-refractivity contribution in [3.63, 3.8) is 0 Å². The number of hydrogen-bond donors (Lipinski definition) is 0. The summed E-state index contributed by atoms with van der Waals surface area (Å²) in [6, 6.07) is 23.6. The minimum absolute atomic E-state index is 0.0722. The van der Waals surface area contributed by atoms with E-state index in [2.05, 4.69) is 0 Å². The van der Waals surface area contributed by atoms with Crippen LogP contribution in [0, 0.1) is 0 Å². The minimum atomic E-state index is 0.0722. The van der Waals surface area contributed by atoms with Crippen molar-refractivity contribution in [1.82, 2.24) is 0 Å². The maximum Gasteiger partial charge on any atom is 0.194 e. The first-order valence-electron chi connectivity index (χ1n) is 7.30. The molecule has 0 spiro atoms. The van der Waals surface area contributed by atoms with Gasteiger partial charge in [-0.05, 0) is 23.3 Å². The van der Waals surface area contributed by atoms with E-state index < -0.39 is 0 Å². The fourth-order valence-electron chi connectivity index (χ4n) is 2.54. The number of rotatable bonds is 3. The Morgan fingerprint density at radius 3 is 1.45 bits per heavy atom. The lowest BCUT2D eigenvalue weighted by atomic mass is 9.96. The third-order valence-corrected chi connectivity index (χ3v) is 3.76. The molecule has 0 saturated heterocycles. The Bertz CT molecular complexity index is 704. The Balaban J connectivity index is 2.25. The van der Waals surface area contributed by atoms with Gasteiger partial charge in [-0.1, -0.05) is 60.7 Å². The highest BCUT2D eigenvalue weighted by Gasteiger charge is 2.15. The quantitative estimate of drug-likeness (QED) is 0.647. The highest BCUT2D eigenvalue weighted by atomic mass is 16.3. The van der Waals surface area contributed by atoms with Gasteiger partial charge in [0.25, 0.3) is 0 Å². The van der Waals surface area contributed by atoms with E-state index in [1.807, 2.05) is 91.8 Å². The van der Waals surface area contributed by atoms with Crippen LogP contribution in [0.2, 0.25) is 0 Å². The molecule has 2 nitrogen and oxygen atoms in total. The van der Waals surface area contributed by atoms with Crippen molar-refractivity contribution in [3.8, 4) is 28.0 Å². The lowest BCUT2D eigenvalue weighted by Crippen LogP contribution is -2.08. The summed E-state index contributed by atoms with van der Waals surface area (Å²) in [7, 11) is 3.98. The molecule has 3 aromatic rings. The molecule has 0 aliphatic heterocycles. The van der Waals surface area contributed by atoms with E-state index in [1.165, 1.54) is 0 Å². The van der Waals surface area contributed by atoms with Crippen molar-refractivity contribution >= 4 is 5.69 Å². The van der Waals surface area contributed by atoms with Crippen LogP contribution in [0.4, 0.5) is 5.69 Å². The molecule has 0 unspecified atom stereocenters. The number of anilines is 1. The summed E-state index contributed by atoms with van der Waals surface area (Å²) < 4.78 is 0. The molecule has 0 aliphatic rings. The minimum Gasteiger partial charge on any atom is -0.378 e. The molecule has 0 aromatic heterocycles. The van der Waals surface area contributed by atoms with Crippen molar-refractivity contribution < 1.29 is 5.11 Å². The molecule has 0 aliphatic carbocycles. The van der Waals surface area contributed by atoms with E-state index >= 15 is 0 Å². The first-order valence-corrected chi connectivity index (χ1v) is 7.30. The average Bonchev–Trinajstić information content (AvgIpc) is 2.56. The Morgan fingerprint density at radius 1 is 0.682 bits per heavy atom. The van der Waals surface area contributed by atoms with Crippen LogP contribution in [-0.2, 0) is 5.11 Å². The monoisotopic (exact) mass is 288 g/mol. The van der Waals surface area contributed by atoms with Gasteiger partial charge in [0.05, 0.1) is 0 Å². The molecule has 0 fully saturated rings. The van der Waals surface area contributed by atoms with Crippen molar-refractivity contribution in [2.24, 2.45) is 0 Å². The number of nitrogens with zero attached hydrogens (tertiary/aromatic N) is 1. The first-order chi connectivity index (χ1) is 10.7. The van der Waals surface area contributed by atoms with Gasteiger partial charge in [0.2, 0.25) is 0 Å². The van der Waals surface area contributed by atoms with E-state index in [4.69, 9.17) is 0 Å². The number of benzene rings is 3. The molecule has 1 radical (unpaired) electrons. The van der Waals surface area contributed by atoms with Gasteiger partial charge < -0.3 is 4.90 Å². The highest BCUT2D eigenvalue weighted by molar-refractivity contribution is 5.85. The predicted octanol–water partition coefficient (Wildman–Crippen LogP) is 5.23. The van der Waals surface area contributed by atoms with Gasteiger partial charge in [-0.3, -0.25) is 5.11 Å². The second kappa shape index (κ2) is 5.94. The Hall–Kier alpha value is -2.74. The van der Waals surface area contributed by atoms with Crippen molar-refractivity contribution in [2.45, 2.75) is 0 Å². The average molecular weight is 288 g/mol. The molecule has 0 amide bonds. The van der Waals surface area contributed by atoms with Gasteiger partial charge in [-0.15, -0.1) is 0 Å². The van der Waals surface area contributed by atoms with E-state index in [9.17, 15) is 5.11 Å². The Labute approximate surface area is 131 Å². The molecule has 3 aromatic carbocycles. The summed E-state index contributed by atoms with van der Waals surface area (Å²) in [5.41, 5.74) is 4.41. The number of hydrogen-bond acceptors (Lipinski definition) is 1. The van der Waals surface area contributed by atoms with Crippen LogP contribution in [0.3, 0.4) is 0 Å². The summed E-state index contributed by atoms with van der Waals surface area (Å²) in [6.07, 6.45) is 0. The molecule has 0 atom stereocenters. The lowest BCUT2D eigenvalue weighted by molar-refractivity contribution is 0.358. The van der Waals surface area contributed by atoms with Crippen molar-refractivity contribution in [1.29, 1.82) is 0 Å². The van der Waals surface area contributed by atoms with Crippen LogP contribution < -0.4 is 4.90 Å². The van der Waals surface area contributed by atoms with E-state index in [-0.39, 0.29) is 5.75 Å². The molecule has 0 bridgehead atoms. The summed E-state index contributed by atoms with van der Waals surface area (Å²) in [5, 5.41) is 12.9. The van der Waals surface area contributed by atoms with E-state index in [0.717, 1.165) is 27.9 Å². The van der Waals surface area contributed by atoms with Crippen LogP contribution in [-0.4, -0.2) is 14.1 Å². The first kappa shape index (κ1) is 14.2. The third-order valence-electron chi connectivity index (χ3n) is 3.76. The van der Waals surface area contributed by atoms with Crippen LogP contribution in [0.1, 0.15) is 0 Å². The second-order valence-electron chi connectivity index (χ2n) is 5.50. The molecule has 3 rings (SSSR count). The SMILES string of the molecule is CN(C)c1cc(-c2ccccc2)c([O])c(-c2ccccc2)c1. The van der Waals surface area contributed by atoms with Gasteiger partial charge in [-0.2, -0.15) is 0 Å². The zero-order chi connectivity index (χ0) is 15.5. The largest absolute Gasteiger partial charge is 0.378 e. The summed E-state index contributed by atoms with van der Waals surface area (Å²) >= 11 is 0. The topological polar surface area (TPSA) is 23.1 Å². The van der Waals surface area contributed by atoms with Gasteiger partial charge in [0, 0.05) is 30.9 Å². The van der Waals surface area contributed by atoms with Crippen molar-refractivity contribution in [3.05, 3.63) is 72.8 Å². The second-order valence-corrected chi connectivity index (χ2v) is 5.50. The van der Waals surface area contributed by atoms with E-state index in [0.29, 0.717) is 0 Å². The fourth-order valence-corrected chi connectivity index (χ4v) is 2.54. The molecular weight excluding hydrogens is 270 g/mol. The zero-order valence-corrected chi connectivity index (χ0v) is 12.8. The normalized spacial score (nSPS) is 10.5. The van der Waals surface area contributed by atoms with Gasteiger partial charge >= 0.3 is 0 Å². The maximum atomic E-state index is 12.9. The Morgan fingerprint density at radius 2 is 1.09 bits per heavy atom. The zero-order valence-electron chi connectivity index (χ0n) is 12.8. The van der Waals surface area contributed by atoms with Crippen LogP contribution in [0.25, 0.3) is 22.3 Å². The molecule has 22 heavy (non-hydrogen) atoms. The summed E-state index contributed by atoms with van der Waals surface area (Å²) in [6.45, 7) is 0. The van der Waals surface area contributed by atoms with Crippen molar-refractivity contribution in [2.75, 3.05) is 19.0 Å². The van der Waals surface area contributed by atoms with Gasteiger partial charge in [-0.25, -0.2) is 0 Å². The predicted molar refractivity (Wildman–Crippen MR) is 91.8 cm³/mol. The summed E-state index contributed by atoms with van der Waals surface area (Å²) in [5.74, 6) is 0.0722. The fraction of sp³-hybridized carbons (Fsp3) is 0.100. The van der Waals surface area contributed by atoms with Crippen LogP contribution in [0.15, 0.2) is 72.8 Å². The molecular formula is C20H18NO. The molecule has 0 saturated carbocycles. The van der Waals surface area contributed by atoms with Crippen LogP contribution >= 0.6 is 0 Å². The van der Waals surface area contributed by atoms with E-state index in [1.54, 1.807) is 0 Å². The molecule has 2 heteroatoms. The molecule has 0 heterocycles. The van der Waals surface area contributed by atoms with Crippen LogP contribution in [0.5, 0.6) is 5.75 Å². The standard InChI is InChI=1S/C20H18NO/c1-21(2)17-13-18(15-9-5-3-6-10-15)20(22)19(14-17)16-11-7-4-8-12-16/h3-14H,1-2H3. The summed E-state index contributed by atoms with van der Waals surface area (Å²) in [4.78, 5) is 2.03. The smallest absolute Gasteiger partial charge is 0.194 e. The lowest BCUT2D eigenvalue weighted by Gasteiger charge is -2.17. The van der Waals surface area contributed by atoms with Gasteiger partial charge in [0.15, 0.2) is 5.75 Å². The highest BCUT2D eigenvalue weighted by Crippen LogP contribution is 2.41. The third kappa shape index (κ3) is 2.68. The molecule has 0 N–H and O–H groups in total.